The van der Waals surface area contributed by atoms with Crippen LogP contribution < -0.4 is 5.73 Å². The first-order valence-corrected chi connectivity index (χ1v) is 8.23. The molecular weight excluding hydrogens is 220 g/mol. The number of hydrogen-bond donors (Lipinski definition) is 1. The van der Waals surface area contributed by atoms with Crippen LogP contribution in [0.2, 0.25) is 0 Å². The van der Waals surface area contributed by atoms with Gasteiger partial charge >= 0.3 is 0 Å². The smallest absolute Gasteiger partial charge is 0.0224 e. The average molecular weight is 252 g/mol. The lowest BCUT2D eigenvalue weighted by molar-refractivity contribution is 0.0250. The molecule has 0 aromatic rings. The minimum Gasteiger partial charge on any atom is -0.329 e. The first kappa shape index (κ1) is 14.3. The third kappa shape index (κ3) is 3.27. The molecule has 1 aliphatic heterocycles. The summed E-state index contributed by atoms with van der Waals surface area (Å²) in [7, 11) is 0. The first-order valence-electron chi connectivity index (χ1n) is 8.23. The molecule has 2 fully saturated rings. The second kappa shape index (κ2) is 6.91. The van der Waals surface area contributed by atoms with E-state index in [1.807, 2.05) is 0 Å². The van der Waals surface area contributed by atoms with E-state index < -0.39 is 0 Å². The third-order valence-corrected chi connectivity index (χ3v) is 5.30. The number of nitrogens with two attached hydrogens (primary N) is 1. The zero-order valence-electron chi connectivity index (χ0n) is 12.4. The molecule has 1 aliphatic carbocycles. The van der Waals surface area contributed by atoms with Crippen LogP contribution in [-0.2, 0) is 0 Å². The minimum absolute atomic E-state index is 0.668. The maximum atomic E-state index is 6.00. The van der Waals surface area contributed by atoms with Gasteiger partial charge in [0.15, 0.2) is 0 Å². The van der Waals surface area contributed by atoms with Crippen molar-refractivity contribution in [1.29, 1.82) is 0 Å². The van der Waals surface area contributed by atoms with E-state index in [0.717, 1.165) is 24.5 Å². The SMILES string of the molecule is CCCC1CCC(N2C(C)CCCC2CN)CC1. The van der Waals surface area contributed by atoms with Gasteiger partial charge in [-0.25, -0.2) is 0 Å². The van der Waals surface area contributed by atoms with Crippen molar-refractivity contribution in [3.63, 3.8) is 0 Å². The van der Waals surface area contributed by atoms with Gasteiger partial charge in [0.05, 0.1) is 0 Å². The summed E-state index contributed by atoms with van der Waals surface area (Å²) in [5.74, 6) is 1.02. The molecule has 1 heterocycles. The monoisotopic (exact) mass is 252 g/mol. The second-order valence-electron chi connectivity index (χ2n) is 6.58. The van der Waals surface area contributed by atoms with Crippen LogP contribution in [-0.4, -0.2) is 29.6 Å². The van der Waals surface area contributed by atoms with Gasteiger partial charge in [0.2, 0.25) is 0 Å². The van der Waals surface area contributed by atoms with Crippen LogP contribution in [0.15, 0.2) is 0 Å². The van der Waals surface area contributed by atoms with E-state index in [9.17, 15) is 0 Å². The Balaban J connectivity index is 1.90. The van der Waals surface area contributed by atoms with Crippen LogP contribution in [0.5, 0.6) is 0 Å². The van der Waals surface area contributed by atoms with E-state index in [2.05, 4.69) is 18.7 Å². The Labute approximate surface area is 113 Å². The molecule has 106 valence electrons. The Morgan fingerprint density at radius 1 is 1.06 bits per heavy atom. The highest BCUT2D eigenvalue weighted by Crippen LogP contribution is 2.35. The lowest BCUT2D eigenvalue weighted by Crippen LogP contribution is -2.54. The van der Waals surface area contributed by atoms with Crippen molar-refractivity contribution in [2.24, 2.45) is 11.7 Å². The molecule has 1 saturated carbocycles. The number of rotatable bonds is 4. The van der Waals surface area contributed by atoms with Crippen LogP contribution in [0.3, 0.4) is 0 Å². The van der Waals surface area contributed by atoms with Crippen LogP contribution >= 0.6 is 0 Å². The molecule has 0 aromatic heterocycles. The van der Waals surface area contributed by atoms with Gasteiger partial charge in [0.25, 0.3) is 0 Å². The molecule has 0 spiro atoms. The summed E-state index contributed by atoms with van der Waals surface area (Å²) < 4.78 is 0. The highest BCUT2D eigenvalue weighted by Gasteiger charge is 2.34. The minimum atomic E-state index is 0.668. The zero-order chi connectivity index (χ0) is 13.0. The maximum absolute atomic E-state index is 6.00. The third-order valence-electron chi connectivity index (χ3n) is 5.30. The van der Waals surface area contributed by atoms with Crippen molar-refractivity contribution < 1.29 is 0 Å². The van der Waals surface area contributed by atoms with E-state index in [4.69, 9.17) is 5.73 Å². The van der Waals surface area contributed by atoms with Crippen LogP contribution in [0.1, 0.15) is 71.6 Å². The zero-order valence-corrected chi connectivity index (χ0v) is 12.4. The summed E-state index contributed by atoms with van der Waals surface area (Å²) in [5, 5.41) is 0. The number of piperidine rings is 1. The quantitative estimate of drug-likeness (QED) is 0.829. The first-order chi connectivity index (χ1) is 8.76. The van der Waals surface area contributed by atoms with Gasteiger partial charge < -0.3 is 5.73 Å². The van der Waals surface area contributed by atoms with Crippen molar-refractivity contribution in [2.45, 2.75) is 89.8 Å². The fraction of sp³-hybridized carbons (Fsp3) is 1.00. The van der Waals surface area contributed by atoms with Gasteiger partial charge in [-0.05, 0) is 51.4 Å². The Bertz CT molecular complexity index is 233. The van der Waals surface area contributed by atoms with E-state index in [-0.39, 0.29) is 0 Å². The van der Waals surface area contributed by atoms with Crippen molar-refractivity contribution in [2.75, 3.05) is 6.54 Å². The van der Waals surface area contributed by atoms with Crippen molar-refractivity contribution in [3.05, 3.63) is 0 Å². The Morgan fingerprint density at radius 3 is 2.39 bits per heavy atom. The molecule has 2 nitrogen and oxygen atoms in total. The van der Waals surface area contributed by atoms with Gasteiger partial charge in [0.1, 0.15) is 0 Å². The molecule has 0 bridgehead atoms. The average Bonchev–Trinajstić information content (AvgIpc) is 2.40. The summed E-state index contributed by atoms with van der Waals surface area (Å²) in [6, 6.07) is 2.27. The van der Waals surface area contributed by atoms with E-state index in [0.29, 0.717) is 6.04 Å². The summed E-state index contributed by atoms with van der Waals surface area (Å²) in [6.07, 6.45) is 12.7. The van der Waals surface area contributed by atoms with E-state index in [1.165, 1.54) is 57.8 Å². The number of likely N-dealkylation sites (tertiary alicyclic amines) is 1. The molecule has 18 heavy (non-hydrogen) atoms. The second-order valence-corrected chi connectivity index (χ2v) is 6.58. The van der Waals surface area contributed by atoms with E-state index in [1.54, 1.807) is 0 Å². The van der Waals surface area contributed by atoms with Gasteiger partial charge in [0, 0.05) is 24.7 Å². The van der Waals surface area contributed by atoms with Crippen molar-refractivity contribution >= 4 is 0 Å². The Morgan fingerprint density at radius 2 is 1.78 bits per heavy atom. The maximum Gasteiger partial charge on any atom is 0.0224 e. The Kier molecular flexibility index (Phi) is 5.50. The molecule has 2 rings (SSSR count). The summed E-state index contributed by atoms with van der Waals surface area (Å²) in [6.45, 7) is 5.60. The van der Waals surface area contributed by atoms with Gasteiger partial charge in [-0.1, -0.05) is 26.2 Å². The Hall–Kier alpha value is -0.0800. The lowest BCUT2D eigenvalue weighted by Gasteiger charge is -2.47. The highest BCUT2D eigenvalue weighted by molar-refractivity contribution is 4.90. The fourth-order valence-corrected chi connectivity index (χ4v) is 4.34. The van der Waals surface area contributed by atoms with Crippen LogP contribution in [0.25, 0.3) is 0 Å². The molecule has 1 saturated heterocycles. The molecule has 0 amide bonds. The predicted octanol–water partition coefficient (Wildman–Crippen LogP) is 3.55. The molecule has 2 atom stereocenters. The molecule has 2 N–H and O–H groups in total. The standard InChI is InChI=1S/C16H32N2/c1-3-5-14-8-10-15(11-9-14)18-13(2)6-4-7-16(18)12-17/h13-16H,3-12,17H2,1-2H3. The summed E-state index contributed by atoms with van der Waals surface area (Å²) in [4.78, 5) is 2.80. The summed E-state index contributed by atoms with van der Waals surface area (Å²) in [5.41, 5.74) is 6.00. The molecular formula is C16H32N2. The molecule has 0 aromatic carbocycles. The van der Waals surface area contributed by atoms with Gasteiger partial charge in [-0.15, -0.1) is 0 Å². The molecule has 2 aliphatic rings. The normalized spacial score (nSPS) is 38.8. The molecule has 2 unspecified atom stereocenters. The van der Waals surface area contributed by atoms with Crippen LogP contribution in [0.4, 0.5) is 0 Å². The summed E-state index contributed by atoms with van der Waals surface area (Å²) >= 11 is 0. The van der Waals surface area contributed by atoms with Gasteiger partial charge in [-0.2, -0.15) is 0 Å². The highest BCUT2D eigenvalue weighted by atomic mass is 15.2. The fourth-order valence-electron chi connectivity index (χ4n) is 4.34. The topological polar surface area (TPSA) is 29.3 Å². The van der Waals surface area contributed by atoms with E-state index >= 15 is 0 Å². The van der Waals surface area contributed by atoms with Crippen molar-refractivity contribution in [3.8, 4) is 0 Å². The largest absolute Gasteiger partial charge is 0.329 e. The van der Waals surface area contributed by atoms with Gasteiger partial charge in [-0.3, -0.25) is 4.90 Å². The molecule has 2 heteroatoms. The predicted molar refractivity (Wildman–Crippen MR) is 78.6 cm³/mol. The molecule has 0 radical (unpaired) electrons. The van der Waals surface area contributed by atoms with Crippen LogP contribution in [0, 0.1) is 5.92 Å². The lowest BCUT2D eigenvalue weighted by atomic mass is 9.81. The number of nitrogens with zero attached hydrogens (tertiary/aromatic N) is 1. The van der Waals surface area contributed by atoms with Crippen molar-refractivity contribution in [1.82, 2.24) is 4.90 Å². The number of hydrogen-bond acceptors (Lipinski definition) is 2.